The molecule has 7 nitrogen and oxygen atoms in total. The summed E-state index contributed by atoms with van der Waals surface area (Å²) >= 11 is 0. The van der Waals surface area contributed by atoms with E-state index in [2.05, 4.69) is 34.6 Å². The Morgan fingerprint density at radius 1 is 1.38 bits per heavy atom. The second-order valence-corrected chi connectivity index (χ2v) is 7.23. The van der Waals surface area contributed by atoms with Crippen molar-refractivity contribution in [3.05, 3.63) is 11.6 Å². The predicted molar refractivity (Wildman–Crippen MR) is 90.8 cm³/mol. The fourth-order valence-electron chi connectivity index (χ4n) is 3.31. The number of amides is 1. The van der Waals surface area contributed by atoms with Crippen LogP contribution in [0.1, 0.15) is 57.6 Å². The molecule has 134 valence electrons. The first kappa shape index (κ1) is 17.4. The number of nitrogens with zero attached hydrogens (tertiary/aromatic N) is 3. The molecule has 0 aliphatic carbocycles. The molecule has 24 heavy (non-hydrogen) atoms. The number of ether oxygens (including phenoxy) is 1. The van der Waals surface area contributed by atoms with Crippen molar-refractivity contribution in [1.82, 2.24) is 25.4 Å². The monoisotopic (exact) mass is 335 g/mol. The SMILES string of the molecule is CC(C)c1nc2n(n1)C[C@H](N[C@@H](C)C(=O)NC[C@H]1CCCO1)CC2. The van der Waals surface area contributed by atoms with Crippen molar-refractivity contribution in [2.45, 2.75) is 77.1 Å². The van der Waals surface area contributed by atoms with Gasteiger partial charge in [0.15, 0.2) is 5.82 Å². The van der Waals surface area contributed by atoms with Crippen molar-refractivity contribution in [3.8, 4) is 0 Å². The third-order valence-corrected chi connectivity index (χ3v) is 4.80. The maximum Gasteiger partial charge on any atom is 0.236 e. The van der Waals surface area contributed by atoms with Crippen LogP contribution in [0.3, 0.4) is 0 Å². The molecule has 1 saturated heterocycles. The van der Waals surface area contributed by atoms with Crippen molar-refractivity contribution >= 4 is 5.91 Å². The van der Waals surface area contributed by atoms with Crippen LogP contribution in [0.15, 0.2) is 0 Å². The summed E-state index contributed by atoms with van der Waals surface area (Å²) in [4.78, 5) is 16.9. The van der Waals surface area contributed by atoms with E-state index >= 15 is 0 Å². The molecule has 0 radical (unpaired) electrons. The van der Waals surface area contributed by atoms with Gasteiger partial charge in [0.25, 0.3) is 0 Å². The van der Waals surface area contributed by atoms with Gasteiger partial charge in [-0.2, -0.15) is 5.10 Å². The van der Waals surface area contributed by atoms with Crippen molar-refractivity contribution in [2.24, 2.45) is 0 Å². The number of fused-ring (bicyclic) bond motifs is 1. The minimum absolute atomic E-state index is 0.0396. The van der Waals surface area contributed by atoms with Crippen LogP contribution in [0.25, 0.3) is 0 Å². The van der Waals surface area contributed by atoms with Crippen LogP contribution in [0.4, 0.5) is 0 Å². The number of nitrogens with one attached hydrogen (secondary N) is 2. The van der Waals surface area contributed by atoms with Gasteiger partial charge >= 0.3 is 0 Å². The van der Waals surface area contributed by atoms with Crippen molar-refractivity contribution in [2.75, 3.05) is 13.2 Å². The van der Waals surface area contributed by atoms with E-state index in [0.717, 1.165) is 50.5 Å². The molecule has 1 aromatic heterocycles. The van der Waals surface area contributed by atoms with Crippen LogP contribution < -0.4 is 10.6 Å². The first-order valence-electron chi connectivity index (χ1n) is 9.12. The van der Waals surface area contributed by atoms with Gasteiger partial charge in [-0.1, -0.05) is 13.8 Å². The molecule has 2 aliphatic rings. The van der Waals surface area contributed by atoms with Crippen LogP contribution in [0.2, 0.25) is 0 Å². The molecule has 3 heterocycles. The summed E-state index contributed by atoms with van der Waals surface area (Å²) in [7, 11) is 0. The summed E-state index contributed by atoms with van der Waals surface area (Å²) in [6.45, 7) is 8.34. The smallest absolute Gasteiger partial charge is 0.236 e. The van der Waals surface area contributed by atoms with Gasteiger partial charge in [0.2, 0.25) is 5.91 Å². The quantitative estimate of drug-likeness (QED) is 0.810. The van der Waals surface area contributed by atoms with E-state index in [1.807, 2.05) is 11.6 Å². The largest absolute Gasteiger partial charge is 0.376 e. The average Bonchev–Trinajstić information content (AvgIpc) is 3.21. The molecule has 1 fully saturated rings. The summed E-state index contributed by atoms with van der Waals surface area (Å²) in [5, 5.41) is 11.0. The molecule has 0 spiro atoms. The lowest BCUT2D eigenvalue weighted by molar-refractivity contribution is -0.123. The lowest BCUT2D eigenvalue weighted by Crippen LogP contribution is -2.50. The third kappa shape index (κ3) is 4.13. The molecular formula is C17H29N5O2. The van der Waals surface area contributed by atoms with Gasteiger partial charge in [0, 0.05) is 31.5 Å². The molecule has 2 aliphatic heterocycles. The first-order chi connectivity index (χ1) is 11.5. The van der Waals surface area contributed by atoms with E-state index < -0.39 is 0 Å². The Hall–Kier alpha value is -1.47. The number of rotatable bonds is 6. The fourth-order valence-corrected chi connectivity index (χ4v) is 3.31. The summed E-state index contributed by atoms with van der Waals surface area (Å²) in [6.07, 6.45) is 4.21. The highest BCUT2D eigenvalue weighted by atomic mass is 16.5. The Morgan fingerprint density at radius 3 is 2.92 bits per heavy atom. The predicted octanol–water partition coefficient (Wildman–Crippen LogP) is 0.990. The van der Waals surface area contributed by atoms with Gasteiger partial charge in [-0.3, -0.25) is 4.79 Å². The number of hydrogen-bond acceptors (Lipinski definition) is 5. The lowest BCUT2D eigenvalue weighted by atomic mass is 10.1. The Labute approximate surface area is 143 Å². The third-order valence-electron chi connectivity index (χ3n) is 4.80. The zero-order chi connectivity index (χ0) is 17.1. The van der Waals surface area contributed by atoms with Crippen molar-refractivity contribution < 1.29 is 9.53 Å². The number of carbonyl (C=O) groups excluding carboxylic acids is 1. The average molecular weight is 335 g/mol. The van der Waals surface area contributed by atoms with Gasteiger partial charge in [0.1, 0.15) is 5.82 Å². The molecule has 1 amide bonds. The van der Waals surface area contributed by atoms with Crippen molar-refractivity contribution in [1.29, 1.82) is 0 Å². The van der Waals surface area contributed by atoms with Crippen LogP contribution in [0, 0.1) is 0 Å². The van der Waals surface area contributed by atoms with Crippen LogP contribution in [0.5, 0.6) is 0 Å². The molecule has 0 bridgehead atoms. The Balaban J connectivity index is 1.47. The maximum absolute atomic E-state index is 12.2. The van der Waals surface area contributed by atoms with E-state index in [0.29, 0.717) is 12.5 Å². The zero-order valence-electron chi connectivity index (χ0n) is 14.9. The van der Waals surface area contributed by atoms with Gasteiger partial charge in [-0.05, 0) is 26.2 Å². The van der Waals surface area contributed by atoms with E-state index in [9.17, 15) is 4.79 Å². The molecule has 7 heteroatoms. The highest BCUT2D eigenvalue weighted by Crippen LogP contribution is 2.17. The second-order valence-electron chi connectivity index (χ2n) is 7.23. The summed E-state index contributed by atoms with van der Waals surface area (Å²) in [5.41, 5.74) is 0. The highest BCUT2D eigenvalue weighted by Gasteiger charge is 2.25. The summed E-state index contributed by atoms with van der Waals surface area (Å²) in [5.74, 6) is 2.36. The normalized spacial score (nSPS) is 24.8. The topological polar surface area (TPSA) is 81.1 Å². The van der Waals surface area contributed by atoms with Gasteiger partial charge in [0.05, 0.1) is 18.7 Å². The zero-order valence-corrected chi connectivity index (χ0v) is 14.9. The molecule has 0 unspecified atom stereocenters. The van der Waals surface area contributed by atoms with Crippen LogP contribution in [-0.4, -0.2) is 52.0 Å². The van der Waals surface area contributed by atoms with Crippen molar-refractivity contribution in [3.63, 3.8) is 0 Å². The minimum atomic E-state index is -0.217. The number of carbonyl (C=O) groups is 1. The molecule has 3 atom stereocenters. The first-order valence-corrected chi connectivity index (χ1v) is 9.12. The molecule has 3 rings (SSSR count). The summed E-state index contributed by atoms with van der Waals surface area (Å²) < 4.78 is 7.53. The van der Waals surface area contributed by atoms with Gasteiger partial charge in [-0.15, -0.1) is 0 Å². The molecule has 0 aromatic carbocycles. The molecular weight excluding hydrogens is 306 g/mol. The van der Waals surface area contributed by atoms with Gasteiger partial charge < -0.3 is 15.4 Å². The Bertz CT molecular complexity index is 565. The van der Waals surface area contributed by atoms with E-state index in [4.69, 9.17) is 4.74 Å². The Morgan fingerprint density at radius 2 is 2.21 bits per heavy atom. The molecule has 2 N–H and O–H groups in total. The molecule has 1 aromatic rings. The van der Waals surface area contributed by atoms with Crippen LogP contribution in [-0.2, 0) is 22.5 Å². The number of hydrogen-bond donors (Lipinski definition) is 2. The van der Waals surface area contributed by atoms with Gasteiger partial charge in [-0.25, -0.2) is 9.67 Å². The lowest BCUT2D eigenvalue weighted by Gasteiger charge is -2.26. The number of aryl methyl sites for hydroxylation is 1. The fraction of sp³-hybridized carbons (Fsp3) is 0.824. The standard InChI is InChI=1S/C17H29N5O2/c1-11(2)16-20-15-7-6-13(10-22(15)21-16)19-12(3)17(23)18-9-14-5-4-8-24-14/h11-14,19H,4-10H2,1-3H3,(H,18,23)/t12-,13+,14+/m0/s1. The number of aromatic nitrogens is 3. The van der Waals surface area contributed by atoms with E-state index in [1.165, 1.54) is 0 Å². The minimum Gasteiger partial charge on any atom is -0.376 e. The van der Waals surface area contributed by atoms with E-state index in [1.54, 1.807) is 0 Å². The molecule has 0 saturated carbocycles. The second kappa shape index (κ2) is 7.61. The highest BCUT2D eigenvalue weighted by molar-refractivity contribution is 5.81. The maximum atomic E-state index is 12.2. The van der Waals surface area contributed by atoms with Crippen LogP contribution >= 0.6 is 0 Å². The van der Waals surface area contributed by atoms with E-state index in [-0.39, 0.29) is 24.1 Å². The Kier molecular flexibility index (Phi) is 5.50. The summed E-state index contributed by atoms with van der Waals surface area (Å²) in [6, 6.07) is 0.0359.